The molecule has 3 aromatic heterocycles. The first-order valence-corrected chi connectivity index (χ1v) is 12.0. The van der Waals surface area contributed by atoms with Gasteiger partial charge in [0.05, 0.1) is 6.20 Å². The molecule has 3 heterocycles. The highest BCUT2D eigenvalue weighted by Crippen LogP contribution is 2.34. The van der Waals surface area contributed by atoms with Crippen LogP contribution in [0, 0.1) is 12.3 Å². The topological polar surface area (TPSA) is 103 Å². The van der Waals surface area contributed by atoms with Crippen molar-refractivity contribution in [3.8, 4) is 29.2 Å². The van der Waals surface area contributed by atoms with Crippen LogP contribution in [0.3, 0.4) is 0 Å². The van der Waals surface area contributed by atoms with Crippen molar-refractivity contribution in [2.24, 2.45) is 0 Å². The van der Waals surface area contributed by atoms with Gasteiger partial charge in [-0.05, 0) is 70.2 Å². The van der Waals surface area contributed by atoms with E-state index in [1.807, 2.05) is 45.2 Å². The zero-order valence-electron chi connectivity index (χ0n) is 20.1. The van der Waals surface area contributed by atoms with Gasteiger partial charge < -0.3 is 25.0 Å². The molecule has 1 aliphatic carbocycles. The summed E-state index contributed by atoms with van der Waals surface area (Å²) in [5.74, 6) is 3.73. The Balaban J connectivity index is 1.50. The van der Waals surface area contributed by atoms with E-state index in [1.54, 1.807) is 11.1 Å². The van der Waals surface area contributed by atoms with Gasteiger partial charge in [-0.1, -0.05) is 17.5 Å². The molecule has 0 atom stereocenters. The molecule has 0 aliphatic heterocycles. The Morgan fingerprint density at radius 1 is 1.31 bits per heavy atom. The molecule has 9 heteroatoms. The number of ether oxygens (including phenoxy) is 1. The van der Waals surface area contributed by atoms with Gasteiger partial charge in [0.15, 0.2) is 0 Å². The van der Waals surface area contributed by atoms with E-state index in [0.717, 1.165) is 47.8 Å². The minimum absolute atomic E-state index is 0.0121. The minimum atomic E-state index is -0.865. The highest BCUT2D eigenvalue weighted by atomic mass is 35.5. The number of hydrogen-bond donors (Lipinski definition) is 3. The Bertz CT molecular complexity index is 1250. The number of aromatic nitrogens is 3. The largest absolute Gasteiger partial charge is 0.479 e. The Morgan fingerprint density at radius 3 is 2.71 bits per heavy atom. The molecular formula is C26H30ClN5O3. The van der Waals surface area contributed by atoms with E-state index in [0.29, 0.717) is 16.7 Å². The van der Waals surface area contributed by atoms with Crippen LogP contribution in [0.2, 0.25) is 5.15 Å². The van der Waals surface area contributed by atoms with Gasteiger partial charge in [-0.2, -0.15) is 0 Å². The number of nitrogens with zero attached hydrogens (tertiary/aromatic N) is 3. The number of halogens is 1. The normalized spacial score (nSPS) is 18.1. The first-order chi connectivity index (χ1) is 16.7. The molecule has 0 saturated heterocycles. The number of carboxylic acid groups (broad SMARTS) is 1. The number of amides is 1. The fourth-order valence-corrected chi connectivity index (χ4v) is 5.04. The molecule has 0 unspecified atom stereocenters. The number of terminal acetylenes is 1. The Labute approximate surface area is 210 Å². The zero-order chi connectivity index (χ0) is 25.2. The van der Waals surface area contributed by atoms with Crippen LogP contribution in [0.15, 0.2) is 30.6 Å². The smallest absolute Gasteiger partial charge is 0.407 e. The van der Waals surface area contributed by atoms with Crippen molar-refractivity contribution >= 4 is 34.5 Å². The number of fused-ring (bicyclic) bond motifs is 1. The molecule has 0 bridgehead atoms. The maximum absolute atomic E-state index is 11.8. The molecule has 0 aromatic carbocycles. The number of aromatic amines is 1. The van der Waals surface area contributed by atoms with Crippen molar-refractivity contribution in [3.05, 3.63) is 35.7 Å². The summed E-state index contributed by atoms with van der Waals surface area (Å²) in [6.45, 7) is 5.98. The van der Waals surface area contributed by atoms with E-state index >= 15 is 0 Å². The molecule has 1 saturated carbocycles. The van der Waals surface area contributed by atoms with Crippen LogP contribution in [-0.4, -0.2) is 55.3 Å². The number of hydrogen-bond acceptors (Lipinski definition) is 5. The average molecular weight is 496 g/mol. The molecule has 1 aliphatic rings. The molecule has 8 nitrogen and oxygen atoms in total. The molecule has 3 N–H and O–H groups in total. The lowest BCUT2D eigenvalue weighted by atomic mass is 9.88. The highest BCUT2D eigenvalue weighted by Gasteiger charge is 2.35. The summed E-state index contributed by atoms with van der Waals surface area (Å²) in [7, 11) is 0. The number of rotatable bonds is 6. The van der Waals surface area contributed by atoms with E-state index in [1.165, 1.54) is 0 Å². The van der Waals surface area contributed by atoms with E-state index < -0.39 is 11.6 Å². The van der Waals surface area contributed by atoms with E-state index in [-0.39, 0.29) is 18.7 Å². The van der Waals surface area contributed by atoms with Gasteiger partial charge in [0.2, 0.25) is 0 Å². The van der Waals surface area contributed by atoms with Gasteiger partial charge in [-0.3, -0.25) is 0 Å². The lowest BCUT2D eigenvalue weighted by Gasteiger charge is -2.42. The number of nitrogens with one attached hydrogen (secondary N) is 2. The minimum Gasteiger partial charge on any atom is -0.479 e. The third kappa shape index (κ3) is 5.63. The van der Waals surface area contributed by atoms with Gasteiger partial charge in [-0.15, -0.1) is 6.42 Å². The van der Waals surface area contributed by atoms with Gasteiger partial charge in [0, 0.05) is 34.8 Å². The predicted octanol–water partition coefficient (Wildman–Crippen LogP) is 5.79. The van der Waals surface area contributed by atoms with E-state index in [9.17, 15) is 9.90 Å². The molecule has 1 fully saturated rings. The lowest BCUT2D eigenvalue weighted by molar-refractivity contribution is 0.0556. The van der Waals surface area contributed by atoms with Crippen LogP contribution >= 0.6 is 11.6 Å². The molecule has 3 aromatic rings. The fraction of sp³-hybridized carbons (Fsp3) is 0.423. The van der Waals surface area contributed by atoms with Crippen LogP contribution in [0.1, 0.15) is 46.5 Å². The summed E-state index contributed by atoms with van der Waals surface area (Å²) >= 11 is 6.39. The molecule has 0 radical (unpaired) electrons. The second kappa shape index (κ2) is 10.0. The Morgan fingerprint density at radius 2 is 2.06 bits per heavy atom. The third-order valence-corrected chi connectivity index (χ3v) is 6.47. The SMILES string of the molecule is C#CCOc1cnc2[nH]cc(-c3cc(Cl)nc(N[C@H]4CC[C@H](N(C(=O)O)C(C)(C)C)CC4)c3)c2c1. The standard InChI is InChI=1S/C26H30ClN5O3/c1-5-10-35-19-13-20-21(15-29-24(20)28-14-19)16-11-22(27)31-23(12-16)30-17-6-8-18(9-7-17)32(25(33)34)26(2,3)4/h1,11-15,17-18H,6-10H2,2-4H3,(H,28,29)(H,30,31)(H,33,34)/t17-,18-. The summed E-state index contributed by atoms with van der Waals surface area (Å²) in [5, 5.41) is 14.5. The number of pyridine rings is 2. The predicted molar refractivity (Wildman–Crippen MR) is 138 cm³/mol. The molecule has 4 rings (SSSR count). The van der Waals surface area contributed by atoms with Gasteiger partial charge in [0.1, 0.15) is 29.0 Å². The van der Waals surface area contributed by atoms with E-state index in [2.05, 4.69) is 26.2 Å². The van der Waals surface area contributed by atoms with Crippen molar-refractivity contribution in [2.75, 3.05) is 11.9 Å². The van der Waals surface area contributed by atoms with Crippen molar-refractivity contribution in [1.82, 2.24) is 19.9 Å². The number of H-pyrrole nitrogens is 1. The first-order valence-electron chi connectivity index (χ1n) is 11.7. The summed E-state index contributed by atoms with van der Waals surface area (Å²) in [4.78, 5) is 25.5. The molecule has 35 heavy (non-hydrogen) atoms. The average Bonchev–Trinajstić information content (AvgIpc) is 3.21. The van der Waals surface area contributed by atoms with Gasteiger partial charge in [0.25, 0.3) is 0 Å². The molecule has 0 spiro atoms. The maximum atomic E-state index is 11.8. The molecular weight excluding hydrogens is 466 g/mol. The Kier molecular flexibility index (Phi) is 7.08. The molecule has 1 amide bonds. The van der Waals surface area contributed by atoms with Crippen molar-refractivity contribution < 1.29 is 14.6 Å². The fourth-order valence-electron chi connectivity index (χ4n) is 4.83. The summed E-state index contributed by atoms with van der Waals surface area (Å²) in [5.41, 5.74) is 2.13. The van der Waals surface area contributed by atoms with Crippen molar-refractivity contribution in [1.29, 1.82) is 0 Å². The second-order valence-electron chi connectivity index (χ2n) is 9.80. The first kappa shape index (κ1) is 24.7. The van der Waals surface area contributed by atoms with Crippen molar-refractivity contribution in [3.63, 3.8) is 0 Å². The van der Waals surface area contributed by atoms with Crippen LogP contribution in [0.4, 0.5) is 10.6 Å². The van der Waals surface area contributed by atoms with Crippen LogP contribution in [0.5, 0.6) is 5.75 Å². The highest BCUT2D eigenvalue weighted by molar-refractivity contribution is 6.29. The molecule has 184 valence electrons. The summed E-state index contributed by atoms with van der Waals surface area (Å²) < 4.78 is 5.53. The quantitative estimate of drug-likeness (QED) is 0.295. The number of carbonyl (C=O) groups is 1. The Hall–Kier alpha value is -3.44. The van der Waals surface area contributed by atoms with Crippen molar-refractivity contribution in [2.45, 2.75) is 64.1 Å². The third-order valence-electron chi connectivity index (χ3n) is 6.28. The second-order valence-corrected chi connectivity index (χ2v) is 10.2. The lowest BCUT2D eigenvalue weighted by Crippen LogP contribution is -2.52. The van der Waals surface area contributed by atoms with Crippen LogP contribution in [-0.2, 0) is 0 Å². The summed E-state index contributed by atoms with van der Waals surface area (Å²) in [6.07, 6.45) is 11.2. The van der Waals surface area contributed by atoms with Crippen LogP contribution in [0.25, 0.3) is 22.2 Å². The summed E-state index contributed by atoms with van der Waals surface area (Å²) in [6, 6.07) is 5.88. The maximum Gasteiger partial charge on any atom is 0.407 e. The number of anilines is 1. The van der Waals surface area contributed by atoms with Gasteiger partial charge in [-0.25, -0.2) is 14.8 Å². The monoisotopic (exact) mass is 495 g/mol. The van der Waals surface area contributed by atoms with Crippen LogP contribution < -0.4 is 10.1 Å². The van der Waals surface area contributed by atoms with Gasteiger partial charge >= 0.3 is 6.09 Å². The van der Waals surface area contributed by atoms with E-state index in [4.69, 9.17) is 22.8 Å². The zero-order valence-corrected chi connectivity index (χ0v) is 20.9.